The molecule has 3 fully saturated rings. The van der Waals surface area contributed by atoms with Crippen LogP contribution in [0.2, 0.25) is 0 Å². The van der Waals surface area contributed by atoms with E-state index in [-0.39, 0.29) is 11.9 Å². The van der Waals surface area contributed by atoms with Gasteiger partial charge in [-0.15, -0.1) is 0 Å². The van der Waals surface area contributed by atoms with Gasteiger partial charge in [-0.25, -0.2) is 0 Å². The Kier molecular flexibility index (Phi) is 8.37. The van der Waals surface area contributed by atoms with Crippen LogP contribution in [0.4, 0.5) is 0 Å². The molecule has 6 rings (SSSR count). The van der Waals surface area contributed by atoms with Gasteiger partial charge in [-0.2, -0.15) is 0 Å². The van der Waals surface area contributed by atoms with Gasteiger partial charge in [0, 0.05) is 75.0 Å². The Bertz CT molecular complexity index is 1220. The average molecular weight is 547 g/mol. The van der Waals surface area contributed by atoms with Crippen LogP contribution in [0.1, 0.15) is 58.6 Å². The number of ether oxygens (including phenoxy) is 3. The molecule has 3 heterocycles. The molecule has 1 amide bonds. The number of hydrogen-bond acceptors (Lipinski definition) is 7. The third kappa shape index (κ3) is 5.62. The number of nitrogens with zero attached hydrogens (tertiary/aromatic N) is 4. The minimum absolute atomic E-state index is 0.115. The molecule has 1 saturated carbocycles. The summed E-state index contributed by atoms with van der Waals surface area (Å²) in [7, 11) is 3.37. The van der Waals surface area contributed by atoms with Gasteiger partial charge in [-0.05, 0) is 42.7 Å². The number of carbonyl (C=O) groups excluding carboxylic acids is 1. The van der Waals surface area contributed by atoms with Gasteiger partial charge in [-0.3, -0.25) is 19.6 Å². The molecule has 40 heavy (non-hydrogen) atoms. The highest BCUT2D eigenvalue weighted by Gasteiger charge is 2.34. The van der Waals surface area contributed by atoms with Crippen molar-refractivity contribution in [2.75, 3.05) is 79.8 Å². The molecule has 0 unspecified atom stereocenters. The maximum absolute atomic E-state index is 13.4. The van der Waals surface area contributed by atoms with Crippen molar-refractivity contribution in [1.82, 2.24) is 14.7 Å². The molecule has 8 heteroatoms. The van der Waals surface area contributed by atoms with Gasteiger partial charge in [0.2, 0.25) is 0 Å². The lowest BCUT2D eigenvalue weighted by molar-refractivity contribution is 0.0293. The van der Waals surface area contributed by atoms with Crippen LogP contribution >= 0.6 is 0 Å². The summed E-state index contributed by atoms with van der Waals surface area (Å²) in [5.41, 5.74) is 5.20. The lowest BCUT2D eigenvalue weighted by Gasteiger charge is -2.36. The van der Waals surface area contributed by atoms with E-state index in [2.05, 4.69) is 34.1 Å². The van der Waals surface area contributed by atoms with Crippen molar-refractivity contribution < 1.29 is 19.0 Å². The highest BCUT2D eigenvalue weighted by molar-refractivity contribution is 6.15. The number of hydrogen-bond donors (Lipinski definition) is 0. The van der Waals surface area contributed by atoms with Crippen molar-refractivity contribution in [1.29, 1.82) is 0 Å². The Morgan fingerprint density at radius 3 is 2.23 bits per heavy atom. The van der Waals surface area contributed by atoms with E-state index in [0.717, 1.165) is 112 Å². The highest BCUT2D eigenvalue weighted by Crippen LogP contribution is 2.44. The Morgan fingerprint density at radius 2 is 1.52 bits per heavy atom. The molecule has 3 aliphatic heterocycles. The molecule has 0 N–H and O–H groups in total. The molecule has 2 aromatic carbocycles. The van der Waals surface area contributed by atoms with Crippen LogP contribution in [0.15, 0.2) is 41.4 Å². The standard InChI is InChI=1S/C32H42N4O4/c1-38-29-21-26-25-5-3-4-6-28(25)33-31(27(26)22-30(29)39-2)23-7-9-24(10-8-23)32(37)36-15-13-34(14-16-36)11-12-35-17-19-40-20-18-35/h7-10,21-22,25,28H,3-6,11-20H2,1-2H3/t25-,28-/m1/s1. The number of amides is 1. The van der Waals surface area contributed by atoms with E-state index in [1.54, 1.807) is 14.2 Å². The number of benzene rings is 2. The summed E-state index contributed by atoms with van der Waals surface area (Å²) >= 11 is 0. The molecule has 8 nitrogen and oxygen atoms in total. The number of fused-ring (bicyclic) bond motifs is 3. The fraction of sp³-hybridized carbons (Fsp3) is 0.562. The topological polar surface area (TPSA) is 66.8 Å². The molecule has 0 spiro atoms. The number of carbonyl (C=O) groups is 1. The van der Waals surface area contributed by atoms with E-state index in [0.29, 0.717) is 5.92 Å². The summed E-state index contributed by atoms with van der Waals surface area (Å²) in [6, 6.07) is 12.6. The molecule has 2 atom stereocenters. The van der Waals surface area contributed by atoms with E-state index >= 15 is 0 Å². The molecular formula is C32H42N4O4. The number of aliphatic imine (C=N–C) groups is 1. The van der Waals surface area contributed by atoms with Crippen molar-refractivity contribution in [3.8, 4) is 11.5 Å². The summed E-state index contributed by atoms with van der Waals surface area (Å²) in [6.45, 7) is 9.25. The third-order valence-electron chi connectivity index (χ3n) is 9.14. The molecular weight excluding hydrogens is 504 g/mol. The molecule has 0 aromatic heterocycles. The lowest BCUT2D eigenvalue weighted by Crippen LogP contribution is -2.51. The van der Waals surface area contributed by atoms with Gasteiger partial charge in [0.15, 0.2) is 11.5 Å². The van der Waals surface area contributed by atoms with Crippen molar-refractivity contribution in [3.05, 3.63) is 58.7 Å². The van der Waals surface area contributed by atoms with E-state index in [4.69, 9.17) is 19.2 Å². The van der Waals surface area contributed by atoms with Crippen LogP contribution in [-0.2, 0) is 4.74 Å². The van der Waals surface area contributed by atoms with Crippen LogP contribution in [0, 0.1) is 0 Å². The normalized spacial score (nSPS) is 23.6. The van der Waals surface area contributed by atoms with Crippen LogP contribution in [0.3, 0.4) is 0 Å². The van der Waals surface area contributed by atoms with Crippen LogP contribution in [0.25, 0.3) is 0 Å². The first-order valence-corrected chi connectivity index (χ1v) is 14.9. The zero-order valence-electron chi connectivity index (χ0n) is 23.9. The van der Waals surface area contributed by atoms with E-state index in [1.807, 2.05) is 17.0 Å². The van der Waals surface area contributed by atoms with Crippen molar-refractivity contribution >= 4 is 11.6 Å². The third-order valence-corrected chi connectivity index (χ3v) is 9.14. The average Bonchev–Trinajstić information content (AvgIpc) is 3.03. The first kappa shape index (κ1) is 27.2. The van der Waals surface area contributed by atoms with Gasteiger partial charge < -0.3 is 19.1 Å². The molecule has 2 aromatic rings. The predicted molar refractivity (Wildman–Crippen MR) is 156 cm³/mol. The zero-order chi connectivity index (χ0) is 27.5. The van der Waals surface area contributed by atoms with E-state index in [1.165, 1.54) is 18.4 Å². The summed E-state index contributed by atoms with van der Waals surface area (Å²) in [6.07, 6.45) is 4.71. The molecule has 4 aliphatic rings. The SMILES string of the molecule is COc1cc2c(cc1OC)[C@H]1CCCC[C@H]1N=C2c1ccc(C(=O)N2CCN(CCN3CCOCC3)CC2)cc1. The van der Waals surface area contributed by atoms with Gasteiger partial charge in [-0.1, -0.05) is 25.0 Å². The summed E-state index contributed by atoms with van der Waals surface area (Å²) in [5, 5.41) is 0. The fourth-order valence-corrected chi connectivity index (χ4v) is 6.74. The second-order valence-corrected chi connectivity index (χ2v) is 11.4. The first-order valence-electron chi connectivity index (χ1n) is 14.9. The summed E-state index contributed by atoms with van der Waals surface area (Å²) in [4.78, 5) is 25.6. The quantitative estimate of drug-likeness (QED) is 0.528. The molecule has 0 bridgehead atoms. The first-order chi connectivity index (χ1) is 19.6. The smallest absolute Gasteiger partial charge is 0.253 e. The van der Waals surface area contributed by atoms with Crippen LogP contribution < -0.4 is 9.47 Å². The molecule has 2 saturated heterocycles. The van der Waals surface area contributed by atoms with Crippen molar-refractivity contribution in [2.24, 2.45) is 4.99 Å². The minimum atomic E-state index is 0.115. The number of rotatable bonds is 7. The number of morpholine rings is 1. The second kappa shape index (κ2) is 12.3. The maximum Gasteiger partial charge on any atom is 0.253 e. The van der Waals surface area contributed by atoms with Gasteiger partial charge >= 0.3 is 0 Å². The Morgan fingerprint density at radius 1 is 0.875 bits per heavy atom. The molecule has 214 valence electrons. The highest BCUT2D eigenvalue weighted by atomic mass is 16.5. The fourth-order valence-electron chi connectivity index (χ4n) is 6.74. The minimum Gasteiger partial charge on any atom is -0.493 e. The lowest BCUT2D eigenvalue weighted by atomic mass is 9.75. The maximum atomic E-state index is 13.4. The van der Waals surface area contributed by atoms with Gasteiger partial charge in [0.05, 0.1) is 39.2 Å². The Labute approximate surface area is 237 Å². The largest absolute Gasteiger partial charge is 0.493 e. The monoisotopic (exact) mass is 546 g/mol. The van der Waals surface area contributed by atoms with E-state index in [9.17, 15) is 4.79 Å². The zero-order valence-corrected chi connectivity index (χ0v) is 23.9. The Balaban J connectivity index is 1.14. The van der Waals surface area contributed by atoms with Gasteiger partial charge in [0.1, 0.15) is 0 Å². The van der Waals surface area contributed by atoms with Gasteiger partial charge in [0.25, 0.3) is 5.91 Å². The molecule has 0 radical (unpaired) electrons. The van der Waals surface area contributed by atoms with Crippen LogP contribution in [0.5, 0.6) is 11.5 Å². The summed E-state index contributed by atoms with van der Waals surface area (Å²) < 4.78 is 16.8. The number of methoxy groups -OCH3 is 2. The number of piperazine rings is 1. The van der Waals surface area contributed by atoms with Crippen molar-refractivity contribution in [3.63, 3.8) is 0 Å². The summed E-state index contributed by atoms with van der Waals surface area (Å²) in [5.74, 6) is 2.03. The predicted octanol–water partition coefficient (Wildman–Crippen LogP) is 3.67. The van der Waals surface area contributed by atoms with Crippen LogP contribution in [-0.4, -0.2) is 112 Å². The van der Waals surface area contributed by atoms with E-state index < -0.39 is 0 Å². The molecule has 1 aliphatic carbocycles. The Hall–Kier alpha value is -2.94. The van der Waals surface area contributed by atoms with Crippen molar-refractivity contribution in [2.45, 2.75) is 37.6 Å². The second-order valence-electron chi connectivity index (χ2n) is 11.4.